The quantitative estimate of drug-likeness (QED) is 0.755. The molecule has 1 fully saturated rings. The van der Waals surface area contributed by atoms with E-state index in [9.17, 15) is 0 Å². The Morgan fingerprint density at radius 1 is 0.875 bits per heavy atom. The molecule has 128 valence electrons. The van der Waals surface area contributed by atoms with Gasteiger partial charge in [0, 0.05) is 39.3 Å². The van der Waals surface area contributed by atoms with Gasteiger partial charge in [-0.15, -0.1) is 0 Å². The number of methoxy groups -OCH3 is 1. The number of rotatable bonds is 5. The minimum absolute atomic E-state index is 0.454. The summed E-state index contributed by atoms with van der Waals surface area (Å²) in [5, 5.41) is 0.909. The monoisotopic (exact) mass is 365 g/mol. The molecule has 1 aliphatic heterocycles. The van der Waals surface area contributed by atoms with Crippen LogP contribution in [-0.4, -0.2) is 48.1 Å². The normalized spacial score (nSPS) is 16.3. The lowest BCUT2D eigenvalue weighted by Crippen LogP contribution is -2.45. The van der Waals surface area contributed by atoms with Crippen LogP contribution in [0.5, 0.6) is 5.75 Å². The molecule has 0 spiro atoms. The highest BCUT2D eigenvalue weighted by Gasteiger charge is 2.17. The third-order valence-corrected chi connectivity index (χ3v) is 4.65. The van der Waals surface area contributed by atoms with Crippen molar-refractivity contribution < 1.29 is 4.74 Å². The summed E-state index contributed by atoms with van der Waals surface area (Å²) in [6, 6.07) is 12.1. The fourth-order valence-corrected chi connectivity index (χ4v) is 3.46. The van der Waals surface area contributed by atoms with E-state index in [1.165, 1.54) is 5.56 Å². The number of aromatic nitrogens is 1. The minimum Gasteiger partial charge on any atom is -0.497 e. The Morgan fingerprint density at radius 2 is 1.38 bits per heavy atom. The van der Waals surface area contributed by atoms with Gasteiger partial charge in [0.2, 0.25) is 0 Å². The van der Waals surface area contributed by atoms with E-state index in [1.807, 2.05) is 24.3 Å². The van der Waals surface area contributed by atoms with Gasteiger partial charge >= 0.3 is 0 Å². The summed E-state index contributed by atoms with van der Waals surface area (Å²) in [5.41, 5.74) is 2.43. The number of benzene rings is 1. The van der Waals surface area contributed by atoms with E-state index in [2.05, 4.69) is 26.9 Å². The van der Waals surface area contributed by atoms with E-state index >= 15 is 0 Å². The number of nitrogens with zero attached hydrogens (tertiary/aromatic N) is 3. The summed E-state index contributed by atoms with van der Waals surface area (Å²) in [7, 11) is 1.69. The number of halogens is 2. The van der Waals surface area contributed by atoms with Gasteiger partial charge in [0.1, 0.15) is 16.1 Å². The van der Waals surface area contributed by atoms with Gasteiger partial charge in [-0.1, -0.05) is 35.3 Å². The Balaban J connectivity index is 1.50. The van der Waals surface area contributed by atoms with Crippen LogP contribution in [0.1, 0.15) is 11.1 Å². The lowest BCUT2D eigenvalue weighted by atomic mass is 10.2. The first-order valence-corrected chi connectivity index (χ1v) is 8.77. The van der Waals surface area contributed by atoms with Gasteiger partial charge in [0.25, 0.3) is 0 Å². The summed E-state index contributed by atoms with van der Waals surface area (Å²) in [6.07, 6.45) is 0. The molecule has 0 bridgehead atoms. The molecular formula is C18H21Cl2N3O. The van der Waals surface area contributed by atoms with E-state index in [0.717, 1.165) is 50.6 Å². The second kappa shape index (κ2) is 8.17. The molecule has 6 heteroatoms. The molecule has 1 aliphatic rings. The predicted octanol–water partition coefficient (Wildman–Crippen LogP) is 3.71. The van der Waals surface area contributed by atoms with Gasteiger partial charge in [-0.3, -0.25) is 9.80 Å². The van der Waals surface area contributed by atoms with Crippen molar-refractivity contribution >= 4 is 23.2 Å². The van der Waals surface area contributed by atoms with Gasteiger partial charge in [-0.05, 0) is 35.4 Å². The third kappa shape index (κ3) is 4.84. The van der Waals surface area contributed by atoms with Crippen molar-refractivity contribution in [2.75, 3.05) is 33.3 Å². The highest BCUT2D eigenvalue weighted by molar-refractivity contribution is 6.32. The summed E-state index contributed by atoms with van der Waals surface area (Å²) in [4.78, 5) is 8.89. The van der Waals surface area contributed by atoms with Crippen LogP contribution in [-0.2, 0) is 13.1 Å². The Labute approximate surface area is 152 Å². The molecule has 1 aromatic carbocycles. The SMILES string of the molecule is COc1ccc(CN2CCN(Cc3cc(Cl)nc(Cl)c3)CC2)cc1. The Bertz CT molecular complexity index is 650. The average Bonchev–Trinajstić information content (AvgIpc) is 2.56. The molecule has 3 rings (SSSR count). The van der Waals surface area contributed by atoms with E-state index in [0.29, 0.717) is 10.3 Å². The Morgan fingerprint density at radius 3 is 1.88 bits per heavy atom. The molecule has 0 amide bonds. The zero-order valence-corrected chi connectivity index (χ0v) is 15.2. The summed E-state index contributed by atoms with van der Waals surface area (Å²) in [6.45, 7) is 6.02. The topological polar surface area (TPSA) is 28.6 Å². The first-order chi connectivity index (χ1) is 11.6. The van der Waals surface area contributed by atoms with Crippen molar-refractivity contribution in [1.29, 1.82) is 0 Å². The van der Waals surface area contributed by atoms with Crippen LogP contribution in [0, 0.1) is 0 Å². The fourth-order valence-electron chi connectivity index (χ4n) is 2.96. The average molecular weight is 366 g/mol. The number of piperazine rings is 1. The van der Waals surface area contributed by atoms with Gasteiger partial charge < -0.3 is 4.74 Å². The van der Waals surface area contributed by atoms with Crippen LogP contribution in [0.25, 0.3) is 0 Å². The van der Waals surface area contributed by atoms with E-state index < -0.39 is 0 Å². The Hall–Kier alpha value is -1.33. The number of hydrogen-bond acceptors (Lipinski definition) is 4. The van der Waals surface area contributed by atoms with Gasteiger partial charge in [0.15, 0.2) is 0 Å². The van der Waals surface area contributed by atoms with E-state index in [4.69, 9.17) is 27.9 Å². The molecule has 0 radical (unpaired) electrons. The molecule has 2 heterocycles. The van der Waals surface area contributed by atoms with Crippen LogP contribution in [0.15, 0.2) is 36.4 Å². The second-order valence-electron chi connectivity index (χ2n) is 6.02. The molecule has 1 aromatic heterocycles. The van der Waals surface area contributed by atoms with Crippen LogP contribution in [0.3, 0.4) is 0 Å². The second-order valence-corrected chi connectivity index (χ2v) is 6.80. The van der Waals surface area contributed by atoms with Gasteiger partial charge in [-0.2, -0.15) is 0 Å². The molecule has 0 saturated carbocycles. The van der Waals surface area contributed by atoms with Crippen molar-refractivity contribution in [2.24, 2.45) is 0 Å². The summed E-state index contributed by atoms with van der Waals surface area (Å²) < 4.78 is 5.20. The standard InChI is InChI=1S/C18H21Cl2N3O/c1-24-16-4-2-14(3-5-16)12-22-6-8-23(9-7-22)13-15-10-17(19)21-18(20)11-15/h2-5,10-11H,6-9,12-13H2,1H3. The molecule has 0 unspecified atom stereocenters. The Kier molecular flexibility index (Phi) is 5.95. The first-order valence-electron chi connectivity index (χ1n) is 8.02. The molecule has 0 N–H and O–H groups in total. The van der Waals surface area contributed by atoms with Crippen LogP contribution in [0.2, 0.25) is 10.3 Å². The number of hydrogen-bond donors (Lipinski definition) is 0. The van der Waals surface area contributed by atoms with Crippen molar-refractivity contribution in [3.05, 3.63) is 57.8 Å². The third-order valence-electron chi connectivity index (χ3n) is 4.26. The maximum absolute atomic E-state index is 5.97. The number of pyridine rings is 1. The van der Waals surface area contributed by atoms with Crippen LogP contribution < -0.4 is 4.74 Å². The highest BCUT2D eigenvalue weighted by atomic mass is 35.5. The molecular weight excluding hydrogens is 345 g/mol. The van der Waals surface area contributed by atoms with Crippen molar-refractivity contribution in [3.63, 3.8) is 0 Å². The molecule has 4 nitrogen and oxygen atoms in total. The minimum atomic E-state index is 0.454. The first kappa shape index (κ1) is 17.5. The molecule has 2 aromatic rings. The van der Waals surface area contributed by atoms with Crippen molar-refractivity contribution in [1.82, 2.24) is 14.8 Å². The molecule has 24 heavy (non-hydrogen) atoms. The van der Waals surface area contributed by atoms with Crippen molar-refractivity contribution in [2.45, 2.75) is 13.1 Å². The van der Waals surface area contributed by atoms with E-state index in [1.54, 1.807) is 7.11 Å². The van der Waals surface area contributed by atoms with Crippen LogP contribution in [0.4, 0.5) is 0 Å². The zero-order valence-electron chi connectivity index (χ0n) is 13.7. The lowest BCUT2D eigenvalue weighted by molar-refractivity contribution is 0.122. The molecule has 1 saturated heterocycles. The highest BCUT2D eigenvalue weighted by Crippen LogP contribution is 2.18. The van der Waals surface area contributed by atoms with Crippen molar-refractivity contribution in [3.8, 4) is 5.75 Å². The van der Waals surface area contributed by atoms with Gasteiger partial charge in [-0.25, -0.2) is 4.98 Å². The molecule has 0 aliphatic carbocycles. The van der Waals surface area contributed by atoms with Crippen LogP contribution >= 0.6 is 23.2 Å². The zero-order chi connectivity index (χ0) is 16.9. The predicted molar refractivity (Wildman–Crippen MR) is 97.8 cm³/mol. The summed E-state index contributed by atoms with van der Waals surface area (Å²) in [5.74, 6) is 0.901. The van der Waals surface area contributed by atoms with E-state index in [-0.39, 0.29) is 0 Å². The number of ether oxygens (including phenoxy) is 1. The summed E-state index contributed by atoms with van der Waals surface area (Å²) >= 11 is 11.9. The molecule has 0 atom stereocenters. The lowest BCUT2D eigenvalue weighted by Gasteiger charge is -2.34. The maximum atomic E-state index is 5.97. The van der Waals surface area contributed by atoms with Gasteiger partial charge in [0.05, 0.1) is 7.11 Å². The smallest absolute Gasteiger partial charge is 0.131 e. The maximum Gasteiger partial charge on any atom is 0.131 e. The largest absolute Gasteiger partial charge is 0.497 e. The fraction of sp³-hybridized carbons (Fsp3) is 0.389.